The Hall–Kier alpha value is -2.18. The number of hydrogen-bond acceptors (Lipinski definition) is 5. The van der Waals surface area contributed by atoms with Crippen LogP contribution in [0.4, 0.5) is 0 Å². The van der Waals surface area contributed by atoms with Crippen LogP contribution in [-0.2, 0) is 17.8 Å². The SMILES string of the molecule is CCn1cncc1Cn1nnc(C(=O)OC)c1C(C)C. The van der Waals surface area contributed by atoms with Crippen LogP contribution >= 0.6 is 0 Å². The van der Waals surface area contributed by atoms with Gasteiger partial charge in [0.1, 0.15) is 0 Å². The Morgan fingerprint density at radius 1 is 1.45 bits per heavy atom. The number of aryl methyl sites for hydroxylation is 1. The second-order valence-electron chi connectivity index (χ2n) is 4.80. The van der Waals surface area contributed by atoms with Crippen LogP contribution < -0.4 is 0 Å². The van der Waals surface area contributed by atoms with E-state index in [1.54, 1.807) is 17.2 Å². The summed E-state index contributed by atoms with van der Waals surface area (Å²) in [5.41, 5.74) is 2.08. The fourth-order valence-electron chi connectivity index (χ4n) is 2.17. The van der Waals surface area contributed by atoms with Gasteiger partial charge in [-0.25, -0.2) is 14.5 Å². The van der Waals surface area contributed by atoms with Crippen LogP contribution in [0.2, 0.25) is 0 Å². The summed E-state index contributed by atoms with van der Waals surface area (Å²) in [6, 6.07) is 0. The molecule has 20 heavy (non-hydrogen) atoms. The molecule has 0 N–H and O–H groups in total. The van der Waals surface area contributed by atoms with Gasteiger partial charge in [0.15, 0.2) is 5.69 Å². The van der Waals surface area contributed by atoms with Crippen LogP contribution in [0.5, 0.6) is 0 Å². The standard InChI is InChI=1S/C13H19N5O2/c1-5-17-8-14-6-10(17)7-18-12(9(2)3)11(15-16-18)13(19)20-4/h6,8-9H,5,7H2,1-4H3. The fourth-order valence-corrected chi connectivity index (χ4v) is 2.17. The monoisotopic (exact) mass is 277 g/mol. The molecule has 0 saturated carbocycles. The summed E-state index contributed by atoms with van der Waals surface area (Å²) in [5.74, 6) is -0.332. The molecule has 0 saturated heterocycles. The molecule has 2 aromatic heterocycles. The van der Waals surface area contributed by atoms with Gasteiger partial charge in [0.25, 0.3) is 0 Å². The van der Waals surface area contributed by atoms with E-state index in [4.69, 9.17) is 4.74 Å². The molecule has 0 bridgehead atoms. The Morgan fingerprint density at radius 3 is 2.80 bits per heavy atom. The minimum atomic E-state index is -0.455. The van der Waals surface area contributed by atoms with Gasteiger partial charge in [0, 0.05) is 6.54 Å². The van der Waals surface area contributed by atoms with Gasteiger partial charge in [0.2, 0.25) is 0 Å². The number of methoxy groups -OCH3 is 1. The van der Waals surface area contributed by atoms with Crippen molar-refractivity contribution in [2.24, 2.45) is 0 Å². The third kappa shape index (κ3) is 2.56. The van der Waals surface area contributed by atoms with Gasteiger partial charge in [-0.3, -0.25) is 0 Å². The zero-order valence-corrected chi connectivity index (χ0v) is 12.2. The van der Waals surface area contributed by atoms with Crippen molar-refractivity contribution < 1.29 is 9.53 Å². The Kier molecular flexibility index (Phi) is 4.16. The van der Waals surface area contributed by atoms with Crippen LogP contribution in [0.15, 0.2) is 12.5 Å². The molecule has 0 aliphatic carbocycles. The molecule has 7 heteroatoms. The fraction of sp³-hybridized carbons (Fsp3) is 0.538. The molecule has 0 aliphatic heterocycles. The first-order chi connectivity index (χ1) is 9.58. The minimum absolute atomic E-state index is 0.122. The van der Waals surface area contributed by atoms with Crippen molar-refractivity contribution in [2.45, 2.75) is 39.8 Å². The number of carbonyl (C=O) groups is 1. The summed E-state index contributed by atoms with van der Waals surface area (Å²) in [6.07, 6.45) is 3.58. The molecule has 2 heterocycles. The third-order valence-electron chi connectivity index (χ3n) is 3.15. The summed E-state index contributed by atoms with van der Waals surface area (Å²) in [7, 11) is 1.34. The van der Waals surface area contributed by atoms with E-state index in [9.17, 15) is 4.79 Å². The predicted octanol–water partition coefficient (Wildman–Crippen LogP) is 1.45. The topological polar surface area (TPSA) is 74.8 Å². The average Bonchev–Trinajstić information content (AvgIpc) is 3.04. The predicted molar refractivity (Wildman–Crippen MR) is 72.5 cm³/mol. The van der Waals surface area contributed by atoms with E-state index >= 15 is 0 Å². The second-order valence-corrected chi connectivity index (χ2v) is 4.80. The molecule has 2 rings (SSSR count). The summed E-state index contributed by atoms with van der Waals surface area (Å²) >= 11 is 0. The van der Waals surface area contributed by atoms with Gasteiger partial charge in [-0.1, -0.05) is 19.1 Å². The largest absolute Gasteiger partial charge is 0.464 e. The molecule has 0 unspecified atom stereocenters. The van der Waals surface area contributed by atoms with Gasteiger partial charge in [-0.15, -0.1) is 5.10 Å². The van der Waals surface area contributed by atoms with E-state index in [2.05, 4.69) is 22.2 Å². The highest BCUT2D eigenvalue weighted by Crippen LogP contribution is 2.19. The van der Waals surface area contributed by atoms with Crippen LogP contribution in [0.1, 0.15) is 48.6 Å². The number of carbonyl (C=O) groups excluding carboxylic acids is 1. The lowest BCUT2D eigenvalue weighted by atomic mass is 10.1. The number of aromatic nitrogens is 5. The number of nitrogens with zero attached hydrogens (tertiary/aromatic N) is 5. The van der Waals surface area contributed by atoms with E-state index in [1.807, 2.05) is 18.4 Å². The lowest BCUT2D eigenvalue weighted by Crippen LogP contribution is -2.13. The van der Waals surface area contributed by atoms with E-state index in [0.717, 1.165) is 17.9 Å². The average molecular weight is 277 g/mol. The molecule has 7 nitrogen and oxygen atoms in total. The molecular formula is C13H19N5O2. The molecule has 2 aromatic rings. The minimum Gasteiger partial charge on any atom is -0.464 e. The highest BCUT2D eigenvalue weighted by Gasteiger charge is 2.23. The Morgan fingerprint density at radius 2 is 2.20 bits per heavy atom. The van der Waals surface area contributed by atoms with Crippen LogP contribution in [0.25, 0.3) is 0 Å². The first kappa shape index (κ1) is 14.2. The third-order valence-corrected chi connectivity index (χ3v) is 3.15. The van der Waals surface area contributed by atoms with Gasteiger partial charge < -0.3 is 9.30 Å². The second kappa shape index (κ2) is 5.85. The van der Waals surface area contributed by atoms with Gasteiger partial charge in [0.05, 0.1) is 37.6 Å². The smallest absolute Gasteiger partial charge is 0.360 e. The number of esters is 1. The maximum absolute atomic E-state index is 11.7. The summed E-state index contributed by atoms with van der Waals surface area (Å²) in [6.45, 7) is 7.42. The Labute approximate surface area is 117 Å². The zero-order chi connectivity index (χ0) is 14.7. The Bertz CT molecular complexity index is 600. The molecule has 0 spiro atoms. The number of rotatable bonds is 5. The van der Waals surface area contributed by atoms with E-state index in [1.165, 1.54) is 7.11 Å². The first-order valence-corrected chi connectivity index (χ1v) is 6.59. The highest BCUT2D eigenvalue weighted by molar-refractivity contribution is 5.88. The quantitative estimate of drug-likeness (QED) is 0.773. The molecule has 0 aromatic carbocycles. The molecule has 108 valence electrons. The number of imidazole rings is 1. The van der Waals surface area contributed by atoms with Gasteiger partial charge in [-0.2, -0.15) is 0 Å². The van der Waals surface area contributed by atoms with Crippen LogP contribution in [0, 0.1) is 0 Å². The van der Waals surface area contributed by atoms with Crippen LogP contribution in [0.3, 0.4) is 0 Å². The molecule has 0 amide bonds. The van der Waals surface area contributed by atoms with Crippen molar-refractivity contribution in [3.05, 3.63) is 29.6 Å². The van der Waals surface area contributed by atoms with Gasteiger partial charge >= 0.3 is 5.97 Å². The summed E-state index contributed by atoms with van der Waals surface area (Å²) in [4.78, 5) is 15.9. The maximum Gasteiger partial charge on any atom is 0.360 e. The van der Waals surface area contributed by atoms with Crippen molar-refractivity contribution >= 4 is 5.97 Å². The van der Waals surface area contributed by atoms with E-state index in [0.29, 0.717) is 6.54 Å². The zero-order valence-electron chi connectivity index (χ0n) is 12.2. The van der Waals surface area contributed by atoms with Crippen molar-refractivity contribution in [1.29, 1.82) is 0 Å². The van der Waals surface area contributed by atoms with E-state index in [-0.39, 0.29) is 11.6 Å². The van der Waals surface area contributed by atoms with Crippen molar-refractivity contribution in [3.63, 3.8) is 0 Å². The summed E-state index contributed by atoms with van der Waals surface area (Å²) in [5, 5.41) is 8.03. The molecular weight excluding hydrogens is 258 g/mol. The Balaban J connectivity index is 2.37. The lowest BCUT2D eigenvalue weighted by molar-refractivity contribution is 0.0592. The van der Waals surface area contributed by atoms with Crippen molar-refractivity contribution in [3.8, 4) is 0 Å². The first-order valence-electron chi connectivity index (χ1n) is 6.59. The van der Waals surface area contributed by atoms with E-state index < -0.39 is 5.97 Å². The highest BCUT2D eigenvalue weighted by atomic mass is 16.5. The maximum atomic E-state index is 11.7. The summed E-state index contributed by atoms with van der Waals surface area (Å²) < 4.78 is 8.52. The lowest BCUT2D eigenvalue weighted by Gasteiger charge is -2.11. The molecule has 0 aliphatic rings. The number of hydrogen-bond donors (Lipinski definition) is 0. The number of ether oxygens (including phenoxy) is 1. The van der Waals surface area contributed by atoms with Crippen molar-refractivity contribution in [2.75, 3.05) is 7.11 Å². The molecule has 0 radical (unpaired) electrons. The van der Waals surface area contributed by atoms with Crippen molar-refractivity contribution in [1.82, 2.24) is 24.5 Å². The van der Waals surface area contributed by atoms with Crippen LogP contribution in [-0.4, -0.2) is 37.6 Å². The molecule has 0 atom stereocenters. The normalized spacial score (nSPS) is 11.1. The molecule has 0 fully saturated rings. The van der Waals surface area contributed by atoms with Gasteiger partial charge in [-0.05, 0) is 12.8 Å².